The fraction of sp³-hybridized carbons (Fsp3) is 0.345. The lowest BCUT2D eigenvalue weighted by Gasteiger charge is -2.40. The van der Waals surface area contributed by atoms with Crippen LogP contribution in [0.25, 0.3) is 0 Å². The number of rotatable bonds is 6. The minimum Gasteiger partial charge on any atom is -0.502 e. The van der Waals surface area contributed by atoms with Gasteiger partial charge in [0, 0.05) is 37.3 Å². The zero-order valence-electron chi connectivity index (χ0n) is 21.7. The van der Waals surface area contributed by atoms with E-state index >= 15 is 0 Å². The Bertz CT molecular complexity index is 1360. The van der Waals surface area contributed by atoms with Crippen molar-refractivity contribution in [1.29, 1.82) is 0 Å². The number of fused-ring (bicyclic) bond motifs is 3. The number of nitrogens with one attached hydrogen (secondary N) is 1. The number of carbonyl (C=O) groups is 1. The van der Waals surface area contributed by atoms with Gasteiger partial charge in [-0.3, -0.25) is 4.79 Å². The van der Waals surface area contributed by atoms with Gasteiger partial charge in [0.05, 0.1) is 32.8 Å². The first kappa shape index (κ1) is 24.1. The molecule has 0 bridgehead atoms. The van der Waals surface area contributed by atoms with E-state index < -0.39 is 5.92 Å². The summed E-state index contributed by atoms with van der Waals surface area (Å²) in [5, 5.41) is 14.2. The number of carbonyl (C=O) groups excluding carboxylic acids is 1. The molecule has 3 aromatic rings. The predicted octanol–water partition coefficient (Wildman–Crippen LogP) is 4.29. The Morgan fingerprint density at radius 1 is 0.921 bits per heavy atom. The van der Waals surface area contributed by atoms with E-state index in [1.54, 1.807) is 12.1 Å². The fourth-order valence-electron chi connectivity index (χ4n) is 5.88. The minimum atomic E-state index is -0.472. The number of esters is 1. The van der Waals surface area contributed by atoms with Gasteiger partial charge in [0.15, 0.2) is 23.0 Å². The van der Waals surface area contributed by atoms with Crippen molar-refractivity contribution >= 4 is 17.3 Å². The molecule has 0 radical (unpaired) electrons. The molecule has 1 fully saturated rings. The van der Waals surface area contributed by atoms with Crippen molar-refractivity contribution in [2.24, 2.45) is 11.8 Å². The van der Waals surface area contributed by atoms with Crippen LogP contribution in [0.5, 0.6) is 28.7 Å². The Morgan fingerprint density at radius 2 is 1.55 bits per heavy atom. The Labute approximate surface area is 220 Å². The molecule has 3 aromatic carbocycles. The third-order valence-corrected chi connectivity index (χ3v) is 7.75. The fourth-order valence-corrected chi connectivity index (χ4v) is 5.88. The number of hydrogen-bond acceptors (Lipinski definition) is 9. The smallest absolute Gasteiger partial charge is 0.310 e. The van der Waals surface area contributed by atoms with Crippen LogP contribution in [0.1, 0.15) is 28.7 Å². The summed E-state index contributed by atoms with van der Waals surface area (Å²) in [5.74, 6) is 0.483. The molecular weight excluding hydrogens is 488 g/mol. The van der Waals surface area contributed by atoms with E-state index in [0.29, 0.717) is 11.5 Å². The number of ether oxygens (including phenoxy) is 5. The lowest BCUT2D eigenvalue weighted by atomic mass is 9.65. The zero-order chi connectivity index (χ0) is 26.6. The molecule has 6 rings (SSSR count). The first-order chi connectivity index (χ1) is 18.4. The van der Waals surface area contributed by atoms with Crippen molar-refractivity contribution in [2.75, 3.05) is 51.9 Å². The number of nitrogens with zero attached hydrogens (tertiary/aromatic N) is 1. The van der Waals surface area contributed by atoms with E-state index in [-0.39, 0.29) is 54.5 Å². The molecule has 1 saturated heterocycles. The van der Waals surface area contributed by atoms with Crippen molar-refractivity contribution < 1.29 is 33.6 Å². The van der Waals surface area contributed by atoms with Gasteiger partial charge in [0.25, 0.3) is 0 Å². The first-order valence-corrected chi connectivity index (χ1v) is 12.5. The number of phenolic OH excluding ortho intramolecular Hbond substituents is 1. The molecule has 9 heteroatoms. The van der Waals surface area contributed by atoms with Gasteiger partial charge >= 0.3 is 5.97 Å². The lowest BCUT2D eigenvalue weighted by molar-refractivity contribution is -0.141. The number of benzene rings is 3. The summed E-state index contributed by atoms with van der Waals surface area (Å²) in [5.41, 5.74) is 4.73. The van der Waals surface area contributed by atoms with Crippen molar-refractivity contribution in [3.8, 4) is 28.7 Å². The Hall–Kier alpha value is -4.27. The largest absolute Gasteiger partial charge is 0.502 e. The van der Waals surface area contributed by atoms with Gasteiger partial charge < -0.3 is 39.0 Å². The van der Waals surface area contributed by atoms with Crippen LogP contribution in [0, 0.1) is 11.8 Å². The summed E-state index contributed by atoms with van der Waals surface area (Å²) >= 11 is 0. The molecular formula is C29H30N2O7. The Kier molecular flexibility index (Phi) is 5.86. The second kappa shape index (κ2) is 9.24. The number of hydrogen-bond donors (Lipinski definition) is 2. The Balaban J connectivity index is 1.51. The molecule has 2 N–H and O–H groups in total. The van der Waals surface area contributed by atoms with E-state index in [0.717, 1.165) is 28.1 Å². The van der Waals surface area contributed by atoms with E-state index in [1.165, 1.54) is 14.2 Å². The van der Waals surface area contributed by atoms with Gasteiger partial charge in [0.2, 0.25) is 12.5 Å². The van der Waals surface area contributed by atoms with Crippen LogP contribution < -0.4 is 29.2 Å². The third kappa shape index (κ3) is 3.81. The quantitative estimate of drug-likeness (QED) is 0.463. The highest BCUT2D eigenvalue weighted by Crippen LogP contribution is 2.56. The average molecular weight is 519 g/mol. The highest BCUT2D eigenvalue weighted by molar-refractivity contribution is 5.79. The van der Waals surface area contributed by atoms with E-state index in [4.69, 9.17) is 23.7 Å². The number of aromatic hydroxyl groups is 1. The molecule has 0 saturated carbocycles. The molecule has 9 nitrogen and oxygen atoms in total. The summed E-state index contributed by atoms with van der Waals surface area (Å²) in [6.45, 7) is 0.427. The van der Waals surface area contributed by atoms with Crippen LogP contribution in [0.3, 0.4) is 0 Å². The van der Waals surface area contributed by atoms with E-state index in [2.05, 4.69) is 17.4 Å². The van der Waals surface area contributed by atoms with Crippen molar-refractivity contribution in [3.63, 3.8) is 0 Å². The second-order valence-electron chi connectivity index (χ2n) is 9.97. The summed E-state index contributed by atoms with van der Waals surface area (Å²) in [7, 11) is 6.97. The summed E-state index contributed by atoms with van der Waals surface area (Å²) in [6.07, 6.45) is 0. The van der Waals surface area contributed by atoms with Crippen molar-refractivity contribution in [3.05, 3.63) is 65.2 Å². The normalized spacial score (nSPS) is 22.8. The maximum absolute atomic E-state index is 13.3. The second-order valence-corrected chi connectivity index (χ2v) is 9.97. The van der Waals surface area contributed by atoms with Crippen molar-refractivity contribution in [2.45, 2.75) is 12.0 Å². The van der Waals surface area contributed by atoms with Crippen LogP contribution in [0.2, 0.25) is 0 Å². The number of anilines is 2. The van der Waals surface area contributed by atoms with Gasteiger partial charge in [-0.15, -0.1) is 0 Å². The van der Waals surface area contributed by atoms with Gasteiger partial charge in [-0.1, -0.05) is 0 Å². The minimum absolute atomic E-state index is 0.0910. The topological polar surface area (TPSA) is 98.7 Å². The van der Waals surface area contributed by atoms with Gasteiger partial charge in [-0.05, 0) is 65.2 Å². The van der Waals surface area contributed by atoms with Crippen LogP contribution in [-0.2, 0) is 9.53 Å². The maximum Gasteiger partial charge on any atom is 0.310 e. The molecule has 0 amide bonds. The molecule has 1 aliphatic carbocycles. The van der Waals surface area contributed by atoms with Crippen LogP contribution in [-0.4, -0.2) is 52.8 Å². The van der Waals surface area contributed by atoms with Gasteiger partial charge in [-0.25, -0.2) is 0 Å². The third-order valence-electron chi connectivity index (χ3n) is 7.75. The highest BCUT2D eigenvalue weighted by atomic mass is 16.7. The SMILES string of the molecule is COc1cc([C@@H]2c3cc4c(cc3[C@@H](Nc3ccc(N(C)C)cc3)[C@H]3COC(=O)[C@H]23)OCO4)cc(OC)c1O. The van der Waals surface area contributed by atoms with Crippen LogP contribution in [0.15, 0.2) is 48.5 Å². The van der Waals surface area contributed by atoms with Gasteiger partial charge in [-0.2, -0.15) is 0 Å². The molecule has 4 atom stereocenters. The molecule has 2 aliphatic heterocycles. The number of phenols is 1. The molecule has 0 spiro atoms. The predicted molar refractivity (Wildman–Crippen MR) is 141 cm³/mol. The van der Waals surface area contributed by atoms with Crippen molar-refractivity contribution in [1.82, 2.24) is 0 Å². The average Bonchev–Trinajstić information content (AvgIpc) is 3.54. The zero-order valence-corrected chi connectivity index (χ0v) is 21.7. The molecule has 3 aliphatic rings. The van der Waals surface area contributed by atoms with Crippen LogP contribution in [0.4, 0.5) is 11.4 Å². The van der Waals surface area contributed by atoms with E-state index in [9.17, 15) is 9.90 Å². The molecule has 0 unspecified atom stereocenters. The summed E-state index contributed by atoms with van der Waals surface area (Å²) in [6, 6.07) is 15.4. The maximum atomic E-state index is 13.3. The van der Waals surface area contributed by atoms with Crippen LogP contribution >= 0.6 is 0 Å². The summed E-state index contributed by atoms with van der Waals surface area (Å²) in [4.78, 5) is 15.4. The first-order valence-electron chi connectivity index (χ1n) is 12.5. The number of cyclic esters (lactones) is 1. The monoisotopic (exact) mass is 518 g/mol. The van der Waals surface area contributed by atoms with Gasteiger partial charge in [0.1, 0.15) is 0 Å². The molecule has 2 heterocycles. The molecule has 0 aromatic heterocycles. The highest BCUT2D eigenvalue weighted by Gasteiger charge is 2.52. The van der Waals surface area contributed by atoms with E-state index in [1.807, 2.05) is 43.3 Å². The Morgan fingerprint density at radius 3 is 2.16 bits per heavy atom. The molecule has 38 heavy (non-hydrogen) atoms. The lowest BCUT2D eigenvalue weighted by Crippen LogP contribution is -2.37. The number of methoxy groups -OCH3 is 2. The standard InChI is InChI=1S/C29H30N2O7/c1-31(2)17-7-5-16(6-8-17)30-27-19-12-22-21(37-14-38-22)11-18(19)25(26-20(27)13-36-29(26)33)15-9-23(34-3)28(32)24(10-15)35-4/h5-12,20,25-27,30,32H,13-14H2,1-4H3/t20-,25+,26-,27+/m0/s1. The molecule has 198 valence electrons. The summed E-state index contributed by atoms with van der Waals surface area (Å²) < 4.78 is 28.0.